The first-order chi connectivity index (χ1) is 11.0. The fourth-order valence-electron chi connectivity index (χ4n) is 2.96. The zero-order valence-electron chi connectivity index (χ0n) is 13.6. The molecule has 0 spiro atoms. The van der Waals surface area contributed by atoms with Gasteiger partial charge in [-0.05, 0) is 43.4 Å². The highest BCUT2D eigenvalue weighted by molar-refractivity contribution is 5.95. The van der Waals surface area contributed by atoms with E-state index in [1.165, 1.54) is 7.11 Å². The van der Waals surface area contributed by atoms with Crippen LogP contribution in [-0.2, 0) is 4.79 Å². The zero-order chi connectivity index (χ0) is 16.8. The molecule has 1 aromatic rings. The van der Waals surface area contributed by atoms with E-state index < -0.39 is 5.97 Å². The Labute approximate surface area is 136 Å². The summed E-state index contributed by atoms with van der Waals surface area (Å²) in [5, 5.41) is 8.80. The van der Waals surface area contributed by atoms with Crippen LogP contribution in [0.4, 0.5) is 0 Å². The van der Waals surface area contributed by atoms with Crippen molar-refractivity contribution in [1.82, 2.24) is 4.90 Å². The minimum Gasteiger partial charge on any atom is -0.493 e. The summed E-state index contributed by atoms with van der Waals surface area (Å²) in [5.41, 5.74) is 0.557. The highest BCUT2D eigenvalue weighted by Crippen LogP contribution is 2.29. The number of rotatable bonds is 6. The lowest BCUT2D eigenvalue weighted by Gasteiger charge is -2.32. The maximum atomic E-state index is 12.7. The molecule has 0 radical (unpaired) electrons. The van der Waals surface area contributed by atoms with Gasteiger partial charge in [-0.1, -0.05) is 0 Å². The van der Waals surface area contributed by atoms with Crippen molar-refractivity contribution >= 4 is 11.9 Å². The fraction of sp³-hybridized carbons (Fsp3) is 0.529. The van der Waals surface area contributed by atoms with Crippen molar-refractivity contribution in [2.75, 3.05) is 27.3 Å². The molecule has 1 atom stereocenters. The van der Waals surface area contributed by atoms with Gasteiger partial charge in [-0.15, -0.1) is 0 Å². The molecule has 1 aromatic carbocycles. The number of carboxylic acid groups (broad SMARTS) is 1. The summed E-state index contributed by atoms with van der Waals surface area (Å²) in [6.07, 6.45) is 2.65. The number of amides is 1. The van der Waals surface area contributed by atoms with E-state index in [9.17, 15) is 9.59 Å². The summed E-state index contributed by atoms with van der Waals surface area (Å²) in [6, 6.07) is 5.13. The average molecular weight is 321 g/mol. The summed E-state index contributed by atoms with van der Waals surface area (Å²) in [7, 11) is 3.09. The van der Waals surface area contributed by atoms with Crippen LogP contribution in [0.25, 0.3) is 0 Å². The van der Waals surface area contributed by atoms with Gasteiger partial charge < -0.3 is 19.5 Å². The summed E-state index contributed by atoms with van der Waals surface area (Å²) in [6.45, 7) is 1.32. The first-order valence-corrected chi connectivity index (χ1v) is 7.78. The van der Waals surface area contributed by atoms with Crippen molar-refractivity contribution in [3.63, 3.8) is 0 Å². The highest BCUT2D eigenvalue weighted by atomic mass is 16.5. The lowest BCUT2D eigenvalue weighted by atomic mass is 9.93. The van der Waals surface area contributed by atoms with Crippen molar-refractivity contribution in [2.24, 2.45) is 5.92 Å². The number of ether oxygens (including phenoxy) is 2. The number of nitrogens with zero attached hydrogens (tertiary/aromatic N) is 1. The van der Waals surface area contributed by atoms with Gasteiger partial charge in [0.1, 0.15) is 0 Å². The predicted octanol–water partition coefficient (Wildman–Crippen LogP) is 2.42. The van der Waals surface area contributed by atoms with Gasteiger partial charge in [0.2, 0.25) is 0 Å². The molecule has 0 aliphatic carbocycles. The third-order valence-corrected chi connectivity index (χ3v) is 4.20. The van der Waals surface area contributed by atoms with E-state index in [0.29, 0.717) is 36.6 Å². The molecule has 6 nitrogen and oxygen atoms in total. The number of likely N-dealkylation sites (tertiary alicyclic amines) is 1. The molecule has 2 rings (SSSR count). The summed E-state index contributed by atoms with van der Waals surface area (Å²) in [4.78, 5) is 25.2. The lowest BCUT2D eigenvalue weighted by Crippen LogP contribution is -2.40. The third kappa shape index (κ3) is 4.37. The van der Waals surface area contributed by atoms with E-state index in [1.807, 2.05) is 0 Å². The first kappa shape index (κ1) is 17.1. The molecule has 1 N–H and O–H groups in total. The molecule has 0 saturated carbocycles. The molecule has 126 valence electrons. The minimum atomic E-state index is -0.784. The van der Waals surface area contributed by atoms with Gasteiger partial charge in [0, 0.05) is 25.1 Å². The Kier molecular flexibility index (Phi) is 5.84. The van der Waals surface area contributed by atoms with Crippen molar-refractivity contribution in [3.05, 3.63) is 23.8 Å². The van der Waals surface area contributed by atoms with Crippen molar-refractivity contribution in [3.8, 4) is 11.5 Å². The largest absolute Gasteiger partial charge is 0.493 e. The van der Waals surface area contributed by atoms with Gasteiger partial charge in [0.25, 0.3) is 5.91 Å². The number of methoxy groups -OCH3 is 2. The van der Waals surface area contributed by atoms with Crippen LogP contribution in [0.15, 0.2) is 18.2 Å². The number of benzene rings is 1. The van der Waals surface area contributed by atoms with Crippen LogP contribution in [0.3, 0.4) is 0 Å². The maximum Gasteiger partial charge on any atom is 0.303 e. The van der Waals surface area contributed by atoms with E-state index >= 15 is 0 Å². The molecule has 1 aliphatic heterocycles. The molecule has 1 saturated heterocycles. The first-order valence-electron chi connectivity index (χ1n) is 7.78. The Bertz CT molecular complexity index is 572. The quantitative estimate of drug-likeness (QED) is 0.871. The van der Waals surface area contributed by atoms with E-state index in [4.69, 9.17) is 14.6 Å². The monoisotopic (exact) mass is 321 g/mol. The Morgan fingerprint density at radius 1 is 1.26 bits per heavy atom. The second kappa shape index (κ2) is 7.85. The Morgan fingerprint density at radius 3 is 2.65 bits per heavy atom. The summed E-state index contributed by atoms with van der Waals surface area (Å²) < 4.78 is 10.4. The van der Waals surface area contributed by atoms with Crippen LogP contribution in [0.1, 0.15) is 36.0 Å². The third-order valence-electron chi connectivity index (χ3n) is 4.20. The van der Waals surface area contributed by atoms with Gasteiger partial charge in [-0.3, -0.25) is 9.59 Å². The Hall–Kier alpha value is -2.24. The average Bonchev–Trinajstić information content (AvgIpc) is 2.58. The summed E-state index contributed by atoms with van der Waals surface area (Å²) in [5.74, 6) is 0.531. The molecule has 1 aliphatic rings. The van der Waals surface area contributed by atoms with Crippen LogP contribution in [0.2, 0.25) is 0 Å². The number of piperidine rings is 1. The molecule has 6 heteroatoms. The van der Waals surface area contributed by atoms with Gasteiger partial charge in [-0.2, -0.15) is 0 Å². The highest BCUT2D eigenvalue weighted by Gasteiger charge is 2.25. The molecule has 23 heavy (non-hydrogen) atoms. The molecule has 1 fully saturated rings. The predicted molar refractivity (Wildman–Crippen MR) is 85.0 cm³/mol. The molecule has 1 heterocycles. The summed E-state index contributed by atoms with van der Waals surface area (Å²) >= 11 is 0. The van der Waals surface area contributed by atoms with Crippen LogP contribution < -0.4 is 9.47 Å². The number of carbonyl (C=O) groups is 2. The van der Waals surface area contributed by atoms with Gasteiger partial charge in [-0.25, -0.2) is 0 Å². The number of aliphatic carboxylic acids is 1. The standard InChI is InChI=1S/C17H23NO5/c1-22-14-7-6-13(10-15(14)23-2)17(21)18-9-3-4-12(11-18)5-8-16(19)20/h6-7,10,12H,3-5,8-9,11H2,1-2H3,(H,19,20). The number of carboxylic acids is 1. The minimum absolute atomic E-state index is 0.0500. The van der Waals surface area contributed by atoms with Crippen molar-refractivity contribution in [1.29, 1.82) is 0 Å². The lowest BCUT2D eigenvalue weighted by molar-refractivity contribution is -0.137. The molecular formula is C17H23NO5. The normalized spacial score (nSPS) is 17.7. The van der Waals surface area contributed by atoms with Crippen LogP contribution in [0, 0.1) is 5.92 Å². The van der Waals surface area contributed by atoms with Crippen LogP contribution in [-0.4, -0.2) is 49.2 Å². The molecule has 1 amide bonds. The van der Waals surface area contributed by atoms with E-state index in [0.717, 1.165) is 12.8 Å². The van der Waals surface area contributed by atoms with E-state index in [1.54, 1.807) is 30.2 Å². The van der Waals surface area contributed by atoms with Gasteiger partial charge in [0.05, 0.1) is 14.2 Å². The Balaban J connectivity index is 2.05. The SMILES string of the molecule is COc1ccc(C(=O)N2CCCC(CCC(=O)O)C2)cc1OC. The Morgan fingerprint density at radius 2 is 2.00 bits per heavy atom. The maximum absolute atomic E-state index is 12.7. The fourth-order valence-corrected chi connectivity index (χ4v) is 2.96. The molecular weight excluding hydrogens is 298 g/mol. The zero-order valence-corrected chi connectivity index (χ0v) is 13.6. The number of hydrogen-bond acceptors (Lipinski definition) is 4. The number of hydrogen-bond donors (Lipinski definition) is 1. The molecule has 0 aromatic heterocycles. The van der Waals surface area contributed by atoms with Crippen molar-refractivity contribution < 1.29 is 24.2 Å². The molecule has 1 unspecified atom stereocenters. The second-order valence-electron chi connectivity index (χ2n) is 5.76. The number of carbonyl (C=O) groups excluding carboxylic acids is 1. The smallest absolute Gasteiger partial charge is 0.303 e. The van der Waals surface area contributed by atoms with E-state index in [-0.39, 0.29) is 18.2 Å². The molecule has 0 bridgehead atoms. The van der Waals surface area contributed by atoms with Crippen LogP contribution >= 0.6 is 0 Å². The van der Waals surface area contributed by atoms with Crippen LogP contribution in [0.5, 0.6) is 11.5 Å². The van der Waals surface area contributed by atoms with Gasteiger partial charge >= 0.3 is 5.97 Å². The van der Waals surface area contributed by atoms with Crippen molar-refractivity contribution in [2.45, 2.75) is 25.7 Å². The topological polar surface area (TPSA) is 76.1 Å². The van der Waals surface area contributed by atoms with E-state index in [2.05, 4.69) is 0 Å². The van der Waals surface area contributed by atoms with Gasteiger partial charge in [0.15, 0.2) is 11.5 Å². The second-order valence-corrected chi connectivity index (χ2v) is 5.76.